The van der Waals surface area contributed by atoms with Crippen LogP contribution in [0.4, 0.5) is 0 Å². The molecule has 2 rings (SSSR count). The van der Waals surface area contributed by atoms with Crippen molar-refractivity contribution >= 4 is 5.91 Å². The lowest BCUT2D eigenvalue weighted by Gasteiger charge is -2.39. The molecule has 1 amide bonds. The number of carbonyl (C=O) groups excluding carboxylic acids is 1. The van der Waals surface area contributed by atoms with Gasteiger partial charge >= 0.3 is 0 Å². The van der Waals surface area contributed by atoms with Gasteiger partial charge in [-0.1, -0.05) is 26.8 Å². The van der Waals surface area contributed by atoms with Crippen molar-refractivity contribution in [1.29, 1.82) is 0 Å². The van der Waals surface area contributed by atoms with E-state index in [-0.39, 0.29) is 17.4 Å². The van der Waals surface area contributed by atoms with Crippen molar-refractivity contribution < 1.29 is 4.79 Å². The van der Waals surface area contributed by atoms with Gasteiger partial charge in [-0.15, -0.1) is 6.58 Å². The number of nitrogens with one attached hydrogen (secondary N) is 1. The maximum atomic E-state index is 12.0. The molecule has 2 saturated carbocycles. The van der Waals surface area contributed by atoms with Crippen LogP contribution < -0.4 is 11.1 Å². The number of fused-ring (bicyclic) bond motifs is 2. The van der Waals surface area contributed by atoms with Crippen LogP contribution in [0.3, 0.4) is 0 Å². The number of amides is 1. The zero-order valence-electron chi connectivity index (χ0n) is 11.8. The van der Waals surface area contributed by atoms with Gasteiger partial charge in [0.25, 0.3) is 0 Å². The molecule has 0 radical (unpaired) electrons. The van der Waals surface area contributed by atoms with Crippen molar-refractivity contribution in [3.63, 3.8) is 0 Å². The fourth-order valence-corrected chi connectivity index (χ4v) is 3.99. The number of hydrogen-bond acceptors (Lipinski definition) is 2. The number of rotatable bonds is 4. The first-order chi connectivity index (χ1) is 8.33. The number of nitrogens with two attached hydrogens (primary N) is 1. The molecule has 0 aromatic rings. The van der Waals surface area contributed by atoms with Gasteiger partial charge in [-0.25, -0.2) is 0 Å². The van der Waals surface area contributed by atoms with Crippen LogP contribution in [0, 0.1) is 16.7 Å². The number of carbonyl (C=O) groups is 1. The Hall–Kier alpha value is -0.830. The smallest absolute Gasteiger partial charge is 0.237 e. The summed E-state index contributed by atoms with van der Waals surface area (Å²) in [5, 5.41) is 3.18. The van der Waals surface area contributed by atoms with Crippen molar-refractivity contribution in [1.82, 2.24) is 5.32 Å². The van der Waals surface area contributed by atoms with E-state index in [1.165, 1.54) is 12.8 Å². The van der Waals surface area contributed by atoms with E-state index in [1.807, 2.05) is 0 Å². The Balaban J connectivity index is 2.05. The standard InChI is InChI=1S/C15H26N2O/c1-5-6-11(16)13(18)17-12-9-10-7-8-15(12,4)14(10,2)3/h5,10-12H,1,6-9,16H2,2-4H3,(H,17,18). The first-order valence-electron chi connectivity index (χ1n) is 7.00. The molecular weight excluding hydrogens is 224 g/mol. The lowest BCUT2D eigenvalue weighted by molar-refractivity contribution is -0.124. The van der Waals surface area contributed by atoms with E-state index in [9.17, 15) is 4.79 Å². The third-order valence-electron chi connectivity index (χ3n) is 5.87. The van der Waals surface area contributed by atoms with Crippen LogP contribution in [0.5, 0.6) is 0 Å². The molecule has 2 fully saturated rings. The van der Waals surface area contributed by atoms with Gasteiger partial charge in [0, 0.05) is 6.04 Å². The summed E-state index contributed by atoms with van der Waals surface area (Å²) < 4.78 is 0. The van der Waals surface area contributed by atoms with Gasteiger partial charge in [0.2, 0.25) is 5.91 Å². The molecule has 2 aliphatic rings. The highest BCUT2D eigenvalue weighted by Crippen LogP contribution is 2.65. The van der Waals surface area contributed by atoms with Crippen LogP contribution >= 0.6 is 0 Å². The van der Waals surface area contributed by atoms with E-state index in [0.717, 1.165) is 12.3 Å². The van der Waals surface area contributed by atoms with Crippen molar-refractivity contribution in [3.8, 4) is 0 Å². The maximum absolute atomic E-state index is 12.0. The molecule has 18 heavy (non-hydrogen) atoms. The second kappa shape index (κ2) is 4.37. The predicted octanol–water partition coefficient (Wildman–Crippen LogP) is 2.22. The predicted molar refractivity (Wildman–Crippen MR) is 73.9 cm³/mol. The second-order valence-electron chi connectivity index (χ2n) is 6.80. The fourth-order valence-electron chi connectivity index (χ4n) is 3.99. The minimum Gasteiger partial charge on any atom is -0.351 e. The molecule has 0 heterocycles. The zero-order valence-corrected chi connectivity index (χ0v) is 11.8. The summed E-state index contributed by atoms with van der Waals surface area (Å²) in [5.41, 5.74) is 6.38. The molecule has 4 unspecified atom stereocenters. The number of hydrogen-bond donors (Lipinski definition) is 2. The van der Waals surface area contributed by atoms with E-state index in [2.05, 4.69) is 32.7 Å². The van der Waals surface area contributed by atoms with Gasteiger partial charge in [0.1, 0.15) is 0 Å². The van der Waals surface area contributed by atoms with Crippen molar-refractivity contribution in [2.45, 2.75) is 58.5 Å². The third kappa shape index (κ3) is 1.80. The molecule has 0 aromatic carbocycles. The van der Waals surface area contributed by atoms with Crippen LogP contribution in [0.2, 0.25) is 0 Å². The molecule has 3 nitrogen and oxygen atoms in total. The highest BCUT2D eigenvalue weighted by atomic mass is 16.2. The van der Waals surface area contributed by atoms with Crippen LogP contribution in [0.15, 0.2) is 12.7 Å². The van der Waals surface area contributed by atoms with E-state index >= 15 is 0 Å². The molecule has 0 saturated heterocycles. The van der Waals surface area contributed by atoms with Crippen LogP contribution in [-0.4, -0.2) is 18.0 Å². The Kier molecular flexibility index (Phi) is 3.30. The minimum absolute atomic E-state index is 0.0236. The molecule has 2 bridgehead atoms. The highest BCUT2D eigenvalue weighted by Gasteiger charge is 2.61. The highest BCUT2D eigenvalue weighted by molar-refractivity contribution is 5.82. The second-order valence-corrected chi connectivity index (χ2v) is 6.80. The topological polar surface area (TPSA) is 55.1 Å². The van der Waals surface area contributed by atoms with Crippen molar-refractivity contribution in [3.05, 3.63) is 12.7 Å². The van der Waals surface area contributed by atoms with E-state index in [1.54, 1.807) is 6.08 Å². The summed E-state index contributed by atoms with van der Waals surface area (Å²) in [5.74, 6) is 0.716. The SMILES string of the molecule is C=CCC(N)C(=O)NC1CC2CCC1(C)C2(C)C. The molecule has 4 atom stereocenters. The third-order valence-corrected chi connectivity index (χ3v) is 5.87. The average molecular weight is 250 g/mol. The molecule has 3 N–H and O–H groups in total. The van der Waals surface area contributed by atoms with Crippen molar-refractivity contribution in [2.75, 3.05) is 0 Å². The Bertz CT molecular complexity index is 364. The minimum atomic E-state index is -0.451. The molecule has 3 heteroatoms. The van der Waals surface area contributed by atoms with E-state index in [0.29, 0.717) is 11.8 Å². The lowest BCUT2D eigenvalue weighted by atomic mass is 9.69. The van der Waals surface area contributed by atoms with Gasteiger partial charge in [-0.2, -0.15) is 0 Å². The Morgan fingerprint density at radius 2 is 2.22 bits per heavy atom. The maximum Gasteiger partial charge on any atom is 0.237 e. The van der Waals surface area contributed by atoms with Gasteiger partial charge in [-0.05, 0) is 42.4 Å². The monoisotopic (exact) mass is 250 g/mol. The zero-order chi connectivity index (χ0) is 13.6. The molecule has 0 aromatic heterocycles. The summed E-state index contributed by atoms with van der Waals surface area (Å²) in [6.45, 7) is 10.6. The van der Waals surface area contributed by atoms with E-state index < -0.39 is 6.04 Å². The molecular formula is C15H26N2O. The first kappa shape index (κ1) is 13.6. The van der Waals surface area contributed by atoms with Crippen LogP contribution in [0.1, 0.15) is 46.5 Å². The summed E-state index contributed by atoms with van der Waals surface area (Å²) >= 11 is 0. The van der Waals surface area contributed by atoms with E-state index in [4.69, 9.17) is 5.73 Å². The Morgan fingerprint density at radius 1 is 1.56 bits per heavy atom. The van der Waals surface area contributed by atoms with Gasteiger partial charge in [0.05, 0.1) is 6.04 Å². The van der Waals surface area contributed by atoms with Gasteiger partial charge in [-0.3, -0.25) is 4.79 Å². The molecule has 2 aliphatic carbocycles. The fraction of sp³-hybridized carbons (Fsp3) is 0.800. The average Bonchev–Trinajstić information content (AvgIpc) is 2.62. The Morgan fingerprint density at radius 3 is 2.67 bits per heavy atom. The van der Waals surface area contributed by atoms with Crippen LogP contribution in [-0.2, 0) is 4.79 Å². The summed E-state index contributed by atoms with van der Waals surface area (Å²) in [7, 11) is 0. The summed E-state index contributed by atoms with van der Waals surface area (Å²) in [4.78, 5) is 12.0. The summed E-state index contributed by atoms with van der Waals surface area (Å²) in [6, 6.07) is -0.164. The molecule has 0 spiro atoms. The van der Waals surface area contributed by atoms with Crippen LogP contribution in [0.25, 0.3) is 0 Å². The Labute approximate surface area is 110 Å². The molecule has 0 aliphatic heterocycles. The van der Waals surface area contributed by atoms with Gasteiger partial charge in [0.15, 0.2) is 0 Å². The normalized spacial score (nSPS) is 38.4. The van der Waals surface area contributed by atoms with Gasteiger partial charge < -0.3 is 11.1 Å². The molecule has 102 valence electrons. The quantitative estimate of drug-likeness (QED) is 0.752. The lowest BCUT2D eigenvalue weighted by Crippen LogP contribution is -2.51. The summed E-state index contributed by atoms with van der Waals surface area (Å²) in [6.07, 6.45) is 5.87. The first-order valence-corrected chi connectivity index (χ1v) is 7.00. The largest absolute Gasteiger partial charge is 0.351 e. The van der Waals surface area contributed by atoms with Crippen molar-refractivity contribution in [2.24, 2.45) is 22.5 Å².